The van der Waals surface area contributed by atoms with Crippen molar-refractivity contribution in [2.75, 3.05) is 0 Å². The molecule has 2 aromatic carbocycles. The van der Waals surface area contributed by atoms with Crippen LogP contribution in [0.5, 0.6) is 0 Å². The highest BCUT2D eigenvalue weighted by Crippen LogP contribution is 2.16. The first-order chi connectivity index (χ1) is 12.0. The summed E-state index contributed by atoms with van der Waals surface area (Å²) in [6.45, 7) is -0.313. The van der Waals surface area contributed by atoms with Crippen molar-refractivity contribution in [1.29, 1.82) is 0 Å². The first-order valence-electron chi connectivity index (χ1n) is 7.66. The smallest absolute Gasteiger partial charge is 0.332 e. The number of halogens is 1. The van der Waals surface area contributed by atoms with Gasteiger partial charge in [0, 0.05) is 11.0 Å². The predicted octanol–water partition coefficient (Wildman–Crippen LogP) is 2.25. The molecule has 0 unspecified atom stereocenters. The monoisotopic (exact) mass is 402 g/mol. The molecule has 0 saturated heterocycles. The molecule has 25 heavy (non-hydrogen) atoms. The molecule has 0 bridgehead atoms. The SMILES string of the molecule is O=C(O)Cn1c(=O)c2cc(Br)ccc2n(CCc2ccccc2)c1=O. The number of hydrogen-bond donors (Lipinski definition) is 1. The van der Waals surface area contributed by atoms with Gasteiger partial charge in [-0.05, 0) is 30.2 Å². The van der Waals surface area contributed by atoms with Gasteiger partial charge in [0.15, 0.2) is 0 Å². The van der Waals surface area contributed by atoms with E-state index < -0.39 is 23.8 Å². The first kappa shape index (κ1) is 17.2. The van der Waals surface area contributed by atoms with E-state index in [0.29, 0.717) is 28.3 Å². The van der Waals surface area contributed by atoms with Gasteiger partial charge in [0.25, 0.3) is 5.56 Å². The van der Waals surface area contributed by atoms with E-state index in [1.165, 1.54) is 4.57 Å². The molecule has 6 nitrogen and oxygen atoms in total. The van der Waals surface area contributed by atoms with Crippen molar-refractivity contribution in [1.82, 2.24) is 9.13 Å². The van der Waals surface area contributed by atoms with E-state index in [2.05, 4.69) is 15.9 Å². The molecular weight excluding hydrogens is 388 g/mol. The molecule has 0 spiro atoms. The lowest BCUT2D eigenvalue weighted by Gasteiger charge is -2.13. The number of nitrogens with zero attached hydrogens (tertiary/aromatic N) is 2. The summed E-state index contributed by atoms with van der Waals surface area (Å²) in [4.78, 5) is 36.3. The Morgan fingerprint density at radius 2 is 1.76 bits per heavy atom. The maximum atomic E-state index is 12.7. The Labute approximate surface area is 151 Å². The van der Waals surface area contributed by atoms with Crippen molar-refractivity contribution in [3.05, 3.63) is 79.4 Å². The van der Waals surface area contributed by atoms with Crippen LogP contribution in [0.4, 0.5) is 0 Å². The van der Waals surface area contributed by atoms with E-state index in [-0.39, 0.29) is 0 Å². The maximum Gasteiger partial charge on any atom is 0.332 e. The number of aryl methyl sites for hydroxylation is 2. The van der Waals surface area contributed by atoms with E-state index in [1.807, 2.05) is 30.3 Å². The summed E-state index contributed by atoms with van der Waals surface area (Å²) < 4.78 is 2.91. The van der Waals surface area contributed by atoms with Crippen LogP contribution >= 0.6 is 15.9 Å². The second-order valence-electron chi connectivity index (χ2n) is 5.62. The third-order valence-corrected chi connectivity index (χ3v) is 4.44. The summed E-state index contributed by atoms with van der Waals surface area (Å²) >= 11 is 3.31. The quantitative estimate of drug-likeness (QED) is 0.709. The van der Waals surface area contributed by atoms with E-state index in [4.69, 9.17) is 5.11 Å². The van der Waals surface area contributed by atoms with Crippen molar-refractivity contribution in [3.8, 4) is 0 Å². The summed E-state index contributed by atoms with van der Waals surface area (Å²) in [5, 5.41) is 9.33. The number of hydrogen-bond acceptors (Lipinski definition) is 3. The molecule has 128 valence electrons. The van der Waals surface area contributed by atoms with Crippen molar-refractivity contribution in [3.63, 3.8) is 0 Å². The van der Waals surface area contributed by atoms with Crippen molar-refractivity contribution >= 4 is 32.8 Å². The van der Waals surface area contributed by atoms with Crippen LogP contribution in [0.15, 0.2) is 62.6 Å². The molecule has 3 aromatic rings. The van der Waals surface area contributed by atoms with E-state index in [9.17, 15) is 14.4 Å². The van der Waals surface area contributed by atoms with Gasteiger partial charge in [0.2, 0.25) is 0 Å². The summed E-state index contributed by atoms with van der Waals surface area (Å²) in [6, 6.07) is 14.7. The van der Waals surface area contributed by atoms with Gasteiger partial charge in [0.1, 0.15) is 6.54 Å². The van der Waals surface area contributed by atoms with E-state index in [1.54, 1.807) is 18.2 Å². The molecule has 0 saturated carbocycles. The molecule has 0 fully saturated rings. The van der Waals surface area contributed by atoms with Crippen LogP contribution in [0.2, 0.25) is 0 Å². The normalized spacial score (nSPS) is 10.9. The van der Waals surface area contributed by atoms with Gasteiger partial charge in [-0.15, -0.1) is 0 Å². The maximum absolute atomic E-state index is 12.7. The molecule has 1 aromatic heterocycles. The molecular formula is C18H15BrN2O4. The van der Waals surface area contributed by atoms with Gasteiger partial charge in [0.05, 0.1) is 10.9 Å². The standard InChI is InChI=1S/C18H15BrN2O4/c19-13-6-7-15-14(10-13)17(24)21(11-16(22)23)18(25)20(15)9-8-12-4-2-1-3-5-12/h1-7,10H,8-9,11H2,(H,22,23). The van der Waals surface area contributed by atoms with Gasteiger partial charge in [-0.1, -0.05) is 46.3 Å². The number of rotatable bonds is 5. The average Bonchev–Trinajstić information content (AvgIpc) is 2.59. The van der Waals surface area contributed by atoms with Crippen LogP contribution in [0.3, 0.4) is 0 Å². The van der Waals surface area contributed by atoms with Gasteiger partial charge < -0.3 is 5.11 Å². The molecule has 0 aliphatic heterocycles. The Hall–Kier alpha value is -2.67. The Morgan fingerprint density at radius 1 is 1.04 bits per heavy atom. The Bertz CT molecular complexity index is 1050. The lowest BCUT2D eigenvalue weighted by molar-refractivity contribution is -0.137. The number of carboxylic acid groups (broad SMARTS) is 1. The Kier molecular flexibility index (Phi) is 4.85. The zero-order valence-electron chi connectivity index (χ0n) is 13.2. The summed E-state index contributed by atoms with van der Waals surface area (Å²) in [5.41, 5.74) is 0.337. The van der Waals surface area contributed by atoms with Crippen LogP contribution < -0.4 is 11.2 Å². The third kappa shape index (κ3) is 3.56. The van der Waals surface area contributed by atoms with Crippen LogP contribution in [-0.4, -0.2) is 20.2 Å². The first-order valence-corrected chi connectivity index (χ1v) is 8.45. The summed E-state index contributed by atoms with van der Waals surface area (Å²) in [5.74, 6) is -1.23. The number of fused-ring (bicyclic) bond motifs is 1. The lowest BCUT2D eigenvalue weighted by Crippen LogP contribution is -2.42. The minimum Gasteiger partial charge on any atom is -0.480 e. The highest BCUT2D eigenvalue weighted by Gasteiger charge is 2.15. The van der Waals surface area contributed by atoms with Crippen molar-refractivity contribution in [2.45, 2.75) is 19.5 Å². The second-order valence-corrected chi connectivity index (χ2v) is 6.53. The van der Waals surface area contributed by atoms with Gasteiger partial charge >= 0.3 is 11.7 Å². The van der Waals surface area contributed by atoms with Gasteiger partial charge in [-0.25, -0.2) is 9.36 Å². The number of aliphatic carboxylic acids is 1. The third-order valence-electron chi connectivity index (χ3n) is 3.95. The molecule has 0 atom stereocenters. The zero-order valence-corrected chi connectivity index (χ0v) is 14.8. The topological polar surface area (TPSA) is 81.3 Å². The average molecular weight is 403 g/mol. The van der Waals surface area contributed by atoms with Crippen LogP contribution in [0, 0.1) is 0 Å². The molecule has 3 rings (SSSR count). The van der Waals surface area contributed by atoms with E-state index >= 15 is 0 Å². The predicted molar refractivity (Wildman–Crippen MR) is 97.9 cm³/mol. The molecule has 0 aliphatic carbocycles. The fraction of sp³-hybridized carbons (Fsp3) is 0.167. The van der Waals surface area contributed by atoms with Crippen LogP contribution in [0.25, 0.3) is 10.9 Å². The lowest BCUT2D eigenvalue weighted by atomic mass is 10.1. The molecule has 1 N–H and O–H groups in total. The fourth-order valence-electron chi connectivity index (χ4n) is 2.77. The van der Waals surface area contributed by atoms with Gasteiger partial charge in [-0.2, -0.15) is 0 Å². The number of benzene rings is 2. The minimum absolute atomic E-state index is 0.309. The molecule has 0 amide bonds. The number of carbonyl (C=O) groups is 1. The van der Waals surface area contributed by atoms with Crippen LogP contribution in [-0.2, 0) is 24.3 Å². The summed E-state index contributed by atoms with van der Waals surface area (Å²) in [7, 11) is 0. The van der Waals surface area contributed by atoms with Gasteiger partial charge in [-0.3, -0.25) is 14.2 Å². The van der Waals surface area contributed by atoms with E-state index in [0.717, 1.165) is 10.1 Å². The van der Waals surface area contributed by atoms with Crippen molar-refractivity contribution in [2.24, 2.45) is 0 Å². The Morgan fingerprint density at radius 3 is 2.44 bits per heavy atom. The molecule has 0 radical (unpaired) electrons. The molecule has 1 heterocycles. The largest absolute Gasteiger partial charge is 0.480 e. The molecule has 0 aliphatic rings. The second kappa shape index (κ2) is 7.06. The number of carboxylic acids is 1. The highest BCUT2D eigenvalue weighted by molar-refractivity contribution is 9.10. The fourth-order valence-corrected chi connectivity index (χ4v) is 3.13. The highest BCUT2D eigenvalue weighted by atomic mass is 79.9. The molecule has 7 heteroatoms. The summed E-state index contributed by atoms with van der Waals surface area (Å²) in [6.07, 6.45) is 0.594. The Balaban J connectivity index is 2.16. The van der Waals surface area contributed by atoms with Crippen molar-refractivity contribution < 1.29 is 9.90 Å². The number of aromatic nitrogens is 2. The van der Waals surface area contributed by atoms with Crippen LogP contribution in [0.1, 0.15) is 5.56 Å². The zero-order chi connectivity index (χ0) is 18.0. The minimum atomic E-state index is -1.23.